The van der Waals surface area contributed by atoms with Gasteiger partial charge < -0.3 is 5.11 Å². The molecule has 1 aromatic carbocycles. The van der Waals surface area contributed by atoms with Gasteiger partial charge >= 0.3 is 0 Å². The number of nitrogens with one attached hydrogen (secondary N) is 1. The van der Waals surface area contributed by atoms with Crippen LogP contribution in [-0.4, -0.2) is 30.6 Å². The highest BCUT2D eigenvalue weighted by Crippen LogP contribution is 2.22. The average molecular weight is 302 g/mol. The Bertz CT molecular complexity index is 610. The fraction of sp³-hybridized carbons (Fsp3) is 0.500. The number of non-ortho nitro benzene ring substituents is 1. The van der Waals surface area contributed by atoms with E-state index in [1.54, 1.807) is 13.8 Å². The van der Waals surface area contributed by atoms with Crippen LogP contribution in [0.1, 0.15) is 25.8 Å². The second-order valence-electron chi connectivity index (χ2n) is 5.17. The summed E-state index contributed by atoms with van der Waals surface area (Å²) in [5.41, 5.74) is -0.663. The van der Waals surface area contributed by atoms with Crippen LogP contribution in [0, 0.1) is 17.0 Å². The van der Waals surface area contributed by atoms with Gasteiger partial charge in [0.25, 0.3) is 5.69 Å². The Morgan fingerprint density at radius 3 is 2.45 bits per heavy atom. The summed E-state index contributed by atoms with van der Waals surface area (Å²) >= 11 is 0. The zero-order valence-corrected chi connectivity index (χ0v) is 12.4. The van der Waals surface area contributed by atoms with Crippen molar-refractivity contribution < 1.29 is 18.4 Å². The molecule has 0 fully saturated rings. The Morgan fingerprint density at radius 2 is 2.00 bits per heavy atom. The van der Waals surface area contributed by atoms with Crippen LogP contribution in [0.3, 0.4) is 0 Å². The largest absolute Gasteiger partial charge is 0.396 e. The molecule has 0 bridgehead atoms. The van der Waals surface area contributed by atoms with Gasteiger partial charge in [0.2, 0.25) is 10.0 Å². The first-order valence-electron chi connectivity index (χ1n) is 5.99. The molecule has 0 spiro atoms. The van der Waals surface area contributed by atoms with Crippen molar-refractivity contribution >= 4 is 15.7 Å². The minimum Gasteiger partial charge on any atom is -0.396 e. The zero-order valence-electron chi connectivity index (χ0n) is 11.6. The summed E-state index contributed by atoms with van der Waals surface area (Å²) in [5.74, 6) is 0. The van der Waals surface area contributed by atoms with Crippen LogP contribution in [0.25, 0.3) is 0 Å². The lowest BCUT2D eigenvalue weighted by atomic mass is 10.0. The predicted octanol–water partition coefficient (Wildman–Crippen LogP) is 1.34. The minimum absolute atomic E-state index is 0.00545. The van der Waals surface area contributed by atoms with Crippen molar-refractivity contribution in [3.63, 3.8) is 0 Å². The quantitative estimate of drug-likeness (QED) is 0.608. The van der Waals surface area contributed by atoms with Crippen LogP contribution in [0.15, 0.2) is 23.1 Å². The number of aliphatic hydroxyl groups is 1. The fourth-order valence-corrected chi connectivity index (χ4v) is 3.47. The molecule has 0 aromatic heterocycles. The number of nitrogens with zero attached hydrogens (tertiary/aromatic N) is 1. The molecule has 112 valence electrons. The highest BCUT2D eigenvalue weighted by atomic mass is 32.2. The number of aryl methyl sites for hydroxylation is 1. The molecule has 0 aliphatic carbocycles. The van der Waals surface area contributed by atoms with Crippen molar-refractivity contribution in [1.82, 2.24) is 4.72 Å². The van der Waals surface area contributed by atoms with Gasteiger partial charge in [0.05, 0.1) is 9.82 Å². The lowest BCUT2D eigenvalue weighted by Crippen LogP contribution is -2.44. The molecule has 20 heavy (non-hydrogen) atoms. The number of aliphatic hydroxyl groups excluding tert-OH is 1. The van der Waals surface area contributed by atoms with Gasteiger partial charge in [-0.15, -0.1) is 0 Å². The van der Waals surface area contributed by atoms with Gasteiger partial charge in [0, 0.05) is 24.3 Å². The van der Waals surface area contributed by atoms with Gasteiger partial charge in [0.15, 0.2) is 0 Å². The predicted molar refractivity (Wildman–Crippen MR) is 73.9 cm³/mol. The molecule has 8 heteroatoms. The van der Waals surface area contributed by atoms with Crippen molar-refractivity contribution in [3.8, 4) is 0 Å². The average Bonchev–Trinajstić information content (AvgIpc) is 2.26. The number of hydrogen-bond donors (Lipinski definition) is 2. The molecule has 2 N–H and O–H groups in total. The molecule has 1 aromatic rings. The van der Waals surface area contributed by atoms with Crippen molar-refractivity contribution in [3.05, 3.63) is 33.9 Å². The standard InChI is InChI=1S/C12H18N2O5S/c1-9-8-10(14(16)17)4-5-11(9)20(18,19)13-12(2,3)6-7-15/h4-5,8,13,15H,6-7H2,1-3H3. The van der Waals surface area contributed by atoms with Crippen molar-refractivity contribution in [2.75, 3.05) is 6.61 Å². The molecule has 0 saturated heterocycles. The highest BCUT2D eigenvalue weighted by Gasteiger charge is 2.27. The highest BCUT2D eigenvalue weighted by molar-refractivity contribution is 7.89. The molecule has 0 amide bonds. The summed E-state index contributed by atoms with van der Waals surface area (Å²) in [6.07, 6.45) is 0.262. The maximum atomic E-state index is 12.3. The van der Waals surface area contributed by atoms with Gasteiger partial charge in [0.1, 0.15) is 0 Å². The van der Waals surface area contributed by atoms with Crippen molar-refractivity contribution in [1.29, 1.82) is 0 Å². The first-order valence-corrected chi connectivity index (χ1v) is 7.47. The third-order valence-electron chi connectivity index (χ3n) is 2.81. The Hall–Kier alpha value is -1.51. The Kier molecular flexibility index (Phi) is 4.85. The molecular weight excluding hydrogens is 284 g/mol. The molecular formula is C12H18N2O5S. The monoisotopic (exact) mass is 302 g/mol. The Morgan fingerprint density at radius 1 is 1.40 bits per heavy atom. The van der Waals surface area contributed by atoms with E-state index in [-0.39, 0.29) is 23.6 Å². The van der Waals surface area contributed by atoms with Gasteiger partial charge in [-0.1, -0.05) is 0 Å². The zero-order chi connectivity index (χ0) is 15.6. The number of benzene rings is 1. The van der Waals surface area contributed by atoms with Crippen molar-refractivity contribution in [2.45, 2.75) is 37.6 Å². The van der Waals surface area contributed by atoms with E-state index in [1.165, 1.54) is 19.1 Å². The number of nitro benzene ring substituents is 1. The lowest BCUT2D eigenvalue weighted by Gasteiger charge is -2.25. The molecule has 0 heterocycles. The number of hydrogen-bond acceptors (Lipinski definition) is 5. The maximum absolute atomic E-state index is 12.3. The number of rotatable bonds is 6. The van der Waals surface area contributed by atoms with E-state index in [4.69, 9.17) is 5.11 Å². The summed E-state index contributed by atoms with van der Waals surface area (Å²) in [4.78, 5) is 10.1. The van der Waals surface area contributed by atoms with Crippen LogP contribution >= 0.6 is 0 Å². The van der Waals surface area contributed by atoms with Gasteiger partial charge in [-0.05, 0) is 38.8 Å². The lowest BCUT2D eigenvalue weighted by molar-refractivity contribution is -0.385. The molecule has 0 aliphatic heterocycles. The Labute approximate surface area is 117 Å². The normalized spacial score (nSPS) is 12.4. The van der Waals surface area contributed by atoms with E-state index < -0.39 is 20.5 Å². The van der Waals surface area contributed by atoms with E-state index in [1.807, 2.05) is 0 Å². The molecule has 1 rings (SSSR count). The van der Waals surface area contributed by atoms with Crippen LogP contribution in [0.2, 0.25) is 0 Å². The Balaban J connectivity index is 3.14. The number of sulfonamides is 1. The molecule has 7 nitrogen and oxygen atoms in total. The third kappa shape index (κ3) is 3.99. The third-order valence-corrected chi connectivity index (χ3v) is 4.66. The molecule has 0 aliphatic rings. The number of nitro groups is 1. The molecule has 0 unspecified atom stereocenters. The van der Waals surface area contributed by atoms with Crippen LogP contribution in [-0.2, 0) is 10.0 Å². The summed E-state index contributed by atoms with van der Waals surface area (Å²) < 4.78 is 27.0. The molecule has 0 saturated carbocycles. The van der Waals surface area contributed by atoms with Crippen LogP contribution in [0.4, 0.5) is 5.69 Å². The summed E-state index contributed by atoms with van der Waals surface area (Å²) in [7, 11) is -3.80. The topological polar surface area (TPSA) is 110 Å². The van der Waals surface area contributed by atoms with Gasteiger partial charge in [-0.25, -0.2) is 13.1 Å². The van der Waals surface area contributed by atoms with Gasteiger partial charge in [-0.3, -0.25) is 10.1 Å². The van der Waals surface area contributed by atoms with E-state index in [0.717, 1.165) is 6.07 Å². The van der Waals surface area contributed by atoms with Crippen LogP contribution < -0.4 is 4.72 Å². The van der Waals surface area contributed by atoms with Crippen molar-refractivity contribution in [2.24, 2.45) is 0 Å². The van der Waals surface area contributed by atoms with E-state index in [0.29, 0.717) is 5.56 Å². The second kappa shape index (κ2) is 5.86. The van der Waals surface area contributed by atoms with E-state index in [9.17, 15) is 18.5 Å². The van der Waals surface area contributed by atoms with E-state index >= 15 is 0 Å². The van der Waals surface area contributed by atoms with Gasteiger partial charge in [-0.2, -0.15) is 0 Å². The minimum atomic E-state index is -3.80. The van der Waals surface area contributed by atoms with Crippen LogP contribution in [0.5, 0.6) is 0 Å². The summed E-state index contributed by atoms with van der Waals surface area (Å²) in [6.45, 7) is 4.67. The van der Waals surface area contributed by atoms with E-state index in [2.05, 4.69) is 4.72 Å². The molecule has 0 atom stereocenters. The smallest absolute Gasteiger partial charge is 0.269 e. The SMILES string of the molecule is Cc1cc([N+](=O)[O-])ccc1S(=O)(=O)NC(C)(C)CCO. The fourth-order valence-electron chi connectivity index (χ4n) is 1.80. The molecule has 0 radical (unpaired) electrons. The first-order chi connectivity index (χ1) is 9.09. The summed E-state index contributed by atoms with van der Waals surface area (Å²) in [6, 6.07) is 3.58. The maximum Gasteiger partial charge on any atom is 0.269 e. The second-order valence-corrected chi connectivity index (χ2v) is 6.82. The summed E-state index contributed by atoms with van der Waals surface area (Å²) in [5, 5.41) is 19.6. The first kappa shape index (κ1) is 16.5.